The zero-order chi connectivity index (χ0) is 13.5. The number of aryl methyl sites for hydroxylation is 2. The van der Waals surface area contributed by atoms with E-state index in [0.717, 1.165) is 62.2 Å². The number of carbonyl (C=O) groups is 1. The number of imidazole rings is 1. The molecule has 0 atom stereocenters. The summed E-state index contributed by atoms with van der Waals surface area (Å²) in [6.45, 7) is 0.870. The fraction of sp³-hybridized carbons (Fsp3) is 0.500. The van der Waals surface area contributed by atoms with Crippen molar-refractivity contribution in [2.24, 2.45) is 0 Å². The van der Waals surface area contributed by atoms with Gasteiger partial charge in [0.15, 0.2) is 5.82 Å². The Morgan fingerprint density at radius 2 is 2.15 bits per heavy atom. The minimum absolute atomic E-state index is 0.146. The van der Waals surface area contributed by atoms with Gasteiger partial charge in [0.1, 0.15) is 17.3 Å². The van der Waals surface area contributed by atoms with Gasteiger partial charge in [-0.3, -0.25) is 4.79 Å². The van der Waals surface area contributed by atoms with Crippen molar-refractivity contribution < 1.29 is 9.32 Å². The van der Waals surface area contributed by atoms with E-state index < -0.39 is 0 Å². The quantitative estimate of drug-likeness (QED) is 0.906. The van der Waals surface area contributed by atoms with Crippen LogP contribution in [-0.4, -0.2) is 20.6 Å². The maximum absolute atomic E-state index is 12.4. The smallest absolute Gasteiger partial charge is 0.275 e. The molecular weight excluding hydrogens is 256 g/mol. The third-order valence-electron chi connectivity index (χ3n) is 4.14. The molecule has 1 N–H and O–H groups in total. The molecule has 2 aliphatic rings. The van der Waals surface area contributed by atoms with E-state index in [1.165, 1.54) is 0 Å². The monoisotopic (exact) mass is 272 g/mol. The van der Waals surface area contributed by atoms with E-state index in [1.54, 1.807) is 6.20 Å². The van der Waals surface area contributed by atoms with Gasteiger partial charge in [-0.05, 0) is 25.7 Å². The van der Waals surface area contributed by atoms with Crippen LogP contribution >= 0.6 is 0 Å². The highest BCUT2D eigenvalue weighted by Gasteiger charge is 2.24. The molecule has 0 unspecified atom stereocenters. The molecule has 3 heterocycles. The Morgan fingerprint density at radius 1 is 1.25 bits per heavy atom. The van der Waals surface area contributed by atoms with Gasteiger partial charge in [-0.2, -0.15) is 0 Å². The fourth-order valence-corrected chi connectivity index (χ4v) is 3.09. The normalized spacial score (nSPS) is 16.8. The zero-order valence-electron chi connectivity index (χ0n) is 11.2. The largest absolute Gasteiger partial charge is 0.359 e. The van der Waals surface area contributed by atoms with Gasteiger partial charge in [-0.15, -0.1) is 0 Å². The number of aromatic nitrogens is 3. The standard InChI is InChI=1S/C14H16N4O2/c19-14(10-8-15-12-6-3-7-18(10)12)16-13-9-4-1-2-5-11(9)20-17-13/h8H,1-7H2,(H,16,17,19). The van der Waals surface area contributed by atoms with Gasteiger partial charge in [-0.25, -0.2) is 4.98 Å². The Labute approximate surface area is 116 Å². The second-order valence-electron chi connectivity index (χ2n) is 5.41. The molecule has 1 amide bonds. The first kappa shape index (κ1) is 11.7. The third kappa shape index (κ3) is 1.75. The first-order chi connectivity index (χ1) is 9.83. The van der Waals surface area contributed by atoms with Crippen LogP contribution in [0.25, 0.3) is 0 Å². The lowest BCUT2D eigenvalue weighted by molar-refractivity contribution is 0.101. The van der Waals surface area contributed by atoms with Crippen molar-refractivity contribution in [3.05, 3.63) is 29.0 Å². The number of fused-ring (bicyclic) bond motifs is 2. The highest BCUT2D eigenvalue weighted by Crippen LogP contribution is 2.28. The van der Waals surface area contributed by atoms with Crippen LogP contribution < -0.4 is 5.32 Å². The molecule has 4 rings (SSSR count). The fourth-order valence-electron chi connectivity index (χ4n) is 3.09. The van der Waals surface area contributed by atoms with E-state index in [1.807, 2.05) is 4.57 Å². The second-order valence-corrected chi connectivity index (χ2v) is 5.41. The summed E-state index contributed by atoms with van der Waals surface area (Å²) in [5, 5.41) is 6.88. The van der Waals surface area contributed by atoms with Crippen LogP contribution in [0.4, 0.5) is 5.82 Å². The summed E-state index contributed by atoms with van der Waals surface area (Å²) < 4.78 is 7.30. The van der Waals surface area contributed by atoms with E-state index in [4.69, 9.17) is 4.52 Å². The average molecular weight is 272 g/mol. The van der Waals surface area contributed by atoms with Gasteiger partial charge in [0.25, 0.3) is 5.91 Å². The number of hydrogen-bond acceptors (Lipinski definition) is 4. The predicted molar refractivity (Wildman–Crippen MR) is 71.6 cm³/mol. The van der Waals surface area contributed by atoms with Gasteiger partial charge in [-0.1, -0.05) is 5.16 Å². The molecule has 20 heavy (non-hydrogen) atoms. The zero-order valence-corrected chi connectivity index (χ0v) is 11.2. The Morgan fingerprint density at radius 3 is 3.10 bits per heavy atom. The molecule has 0 aromatic carbocycles. The highest BCUT2D eigenvalue weighted by molar-refractivity contribution is 6.02. The SMILES string of the molecule is O=C(Nc1noc2c1CCCC2)c1cnc2n1CCC2. The molecule has 0 saturated carbocycles. The maximum atomic E-state index is 12.4. The Kier molecular flexibility index (Phi) is 2.61. The summed E-state index contributed by atoms with van der Waals surface area (Å²) in [7, 11) is 0. The number of nitrogens with one attached hydrogen (secondary N) is 1. The summed E-state index contributed by atoms with van der Waals surface area (Å²) in [6.07, 6.45) is 7.76. The third-order valence-corrected chi connectivity index (χ3v) is 4.14. The number of rotatable bonds is 2. The summed E-state index contributed by atoms with van der Waals surface area (Å²) >= 11 is 0. The minimum atomic E-state index is -0.146. The molecule has 2 aromatic heterocycles. The predicted octanol–water partition coefficient (Wildman–Crippen LogP) is 1.95. The van der Waals surface area contributed by atoms with Crippen molar-refractivity contribution in [3.8, 4) is 0 Å². The number of hydrogen-bond donors (Lipinski definition) is 1. The molecule has 0 radical (unpaired) electrons. The molecule has 6 heteroatoms. The highest BCUT2D eigenvalue weighted by atomic mass is 16.5. The summed E-state index contributed by atoms with van der Waals surface area (Å²) in [5.41, 5.74) is 1.68. The molecule has 6 nitrogen and oxygen atoms in total. The van der Waals surface area contributed by atoms with Crippen molar-refractivity contribution in [3.63, 3.8) is 0 Å². The van der Waals surface area contributed by atoms with Crippen LogP contribution in [0.5, 0.6) is 0 Å². The lowest BCUT2D eigenvalue weighted by Gasteiger charge is -2.10. The van der Waals surface area contributed by atoms with E-state index in [9.17, 15) is 4.79 Å². The van der Waals surface area contributed by atoms with Gasteiger partial charge in [0, 0.05) is 24.9 Å². The van der Waals surface area contributed by atoms with Crippen molar-refractivity contribution in [2.75, 3.05) is 5.32 Å². The molecule has 0 fully saturated rings. The van der Waals surface area contributed by atoms with Gasteiger partial charge < -0.3 is 14.4 Å². The van der Waals surface area contributed by atoms with Crippen LogP contribution in [0.15, 0.2) is 10.7 Å². The second kappa shape index (κ2) is 4.47. The van der Waals surface area contributed by atoms with E-state index >= 15 is 0 Å². The molecule has 0 spiro atoms. The molecular formula is C14H16N4O2. The van der Waals surface area contributed by atoms with E-state index in [0.29, 0.717) is 11.5 Å². The lowest BCUT2D eigenvalue weighted by Crippen LogP contribution is -2.18. The average Bonchev–Trinajstić information content (AvgIpc) is 3.13. The summed E-state index contributed by atoms with van der Waals surface area (Å²) in [6, 6.07) is 0. The number of amides is 1. The number of nitrogens with zero attached hydrogens (tertiary/aromatic N) is 3. The van der Waals surface area contributed by atoms with Crippen molar-refractivity contribution in [1.82, 2.24) is 14.7 Å². The van der Waals surface area contributed by atoms with Gasteiger partial charge in [0.05, 0.1) is 6.20 Å². The van der Waals surface area contributed by atoms with Gasteiger partial charge >= 0.3 is 0 Å². The maximum Gasteiger partial charge on any atom is 0.275 e. The summed E-state index contributed by atoms with van der Waals surface area (Å²) in [5.74, 6) is 2.35. The van der Waals surface area contributed by atoms with Crippen LogP contribution in [0.3, 0.4) is 0 Å². The van der Waals surface area contributed by atoms with Crippen LogP contribution in [-0.2, 0) is 25.8 Å². The molecule has 104 valence electrons. The van der Waals surface area contributed by atoms with Crippen LogP contribution in [0.1, 0.15) is 46.9 Å². The van der Waals surface area contributed by atoms with E-state index in [2.05, 4.69) is 15.5 Å². The topological polar surface area (TPSA) is 73.0 Å². The Balaban J connectivity index is 1.59. The van der Waals surface area contributed by atoms with Crippen molar-refractivity contribution >= 4 is 11.7 Å². The van der Waals surface area contributed by atoms with Crippen LogP contribution in [0.2, 0.25) is 0 Å². The number of carbonyl (C=O) groups excluding carboxylic acids is 1. The molecule has 1 aliphatic carbocycles. The van der Waals surface area contributed by atoms with E-state index in [-0.39, 0.29) is 5.91 Å². The Bertz CT molecular complexity index is 671. The van der Waals surface area contributed by atoms with Crippen molar-refractivity contribution in [2.45, 2.75) is 45.1 Å². The number of anilines is 1. The molecule has 1 aliphatic heterocycles. The molecule has 2 aromatic rings. The van der Waals surface area contributed by atoms with Crippen molar-refractivity contribution in [1.29, 1.82) is 0 Å². The Hall–Kier alpha value is -2.11. The van der Waals surface area contributed by atoms with Gasteiger partial charge in [0.2, 0.25) is 0 Å². The first-order valence-electron chi connectivity index (χ1n) is 7.16. The molecule has 0 saturated heterocycles. The minimum Gasteiger partial charge on any atom is -0.359 e. The van der Waals surface area contributed by atoms with Crippen LogP contribution in [0, 0.1) is 0 Å². The summed E-state index contributed by atoms with van der Waals surface area (Å²) in [4.78, 5) is 16.7. The lowest BCUT2D eigenvalue weighted by atomic mass is 9.98. The molecule has 0 bridgehead atoms. The first-order valence-corrected chi connectivity index (χ1v) is 7.16.